The molecule has 3 rings (SSSR count). The third-order valence-electron chi connectivity index (χ3n) is 4.49. The first kappa shape index (κ1) is 17.0. The molecule has 0 unspecified atom stereocenters. The summed E-state index contributed by atoms with van der Waals surface area (Å²) in [6.07, 6.45) is 1.42. The average molecular weight is 351 g/mol. The fourth-order valence-electron chi connectivity index (χ4n) is 2.97. The smallest absolute Gasteiger partial charge is 0.207 e. The van der Waals surface area contributed by atoms with Crippen molar-refractivity contribution in [1.82, 2.24) is 4.31 Å². The molecule has 0 aromatic heterocycles. The molecule has 0 bridgehead atoms. The Hall–Kier alpha value is -1.79. The first-order valence-corrected chi connectivity index (χ1v) is 9.33. The Labute approximate surface area is 141 Å². The number of rotatable bonds is 3. The largest absolute Gasteiger partial charge is 0.246 e. The topological polar surface area (TPSA) is 37.4 Å². The molecule has 3 nitrogen and oxygen atoms in total. The highest BCUT2D eigenvalue weighted by molar-refractivity contribution is 7.89. The normalized spacial score (nSPS) is 15.3. The van der Waals surface area contributed by atoms with Crippen molar-refractivity contribution < 1.29 is 17.2 Å². The van der Waals surface area contributed by atoms with Crippen LogP contribution in [0.1, 0.15) is 29.2 Å². The van der Waals surface area contributed by atoms with E-state index in [1.807, 2.05) is 25.1 Å². The van der Waals surface area contributed by atoms with Gasteiger partial charge < -0.3 is 0 Å². The number of sulfonamides is 1. The Morgan fingerprint density at radius 3 is 2.54 bits per heavy atom. The van der Waals surface area contributed by atoms with Crippen molar-refractivity contribution in [1.29, 1.82) is 0 Å². The van der Waals surface area contributed by atoms with Crippen LogP contribution in [-0.4, -0.2) is 19.3 Å². The zero-order valence-corrected chi connectivity index (χ0v) is 14.5. The van der Waals surface area contributed by atoms with Crippen molar-refractivity contribution >= 4 is 10.0 Å². The summed E-state index contributed by atoms with van der Waals surface area (Å²) in [5, 5.41) is 0. The lowest BCUT2D eigenvalue weighted by Crippen LogP contribution is -2.36. The SMILES string of the molecule is CCc1ccc2c(c1)CN(S(=O)(=O)c1cc(F)c(C)cc1F)CC2. The third kappa shape index (κ3) is 2.96. The van der Waals surface area contributed by atoms with E-state index in [0.29, 0.717) is 6.42 Å². The Balaban J connectivity index is 1.98. The molecule has 0 radical (unpaired) electrons. The van der Waals surface area contributed by atoms with Gasteiger partial charge in [-0.2, -0.15) is 4.31 Å². The molecule has 1 aliphatic heterocycles. The Morgan fingerprint density at radius 1 is 1.08 bits per heavy atom. The summed E-state index contributed by atoms with van der Waals surface area (Å²) in [7, 11) is -4.08. The molecule has 1 aliphatic rings. The van der Waals surface area contributed by atoms with Crippen LogP contribution in [0.25, 0.3) is 0 Å². The van der Waals surface area contributed by atoms with Crippen LogP contribution in [-0.2, 0) is 29.4 Å². The summed E-state index contributed by atoms with van der Waals surface area (Å²) in [4.78, 5) is -0.597. The summed E-state index contributed by atoms with van der Waals surface area (Å²) in [6.45, 7) is 3.87. The minimum atomic E-state index is -4.08. The molecular formula is C18H19F2NO2S. The van der Waals surface area contributed by atoms with E-state index in [4.69, 9.17) is 0 Å². The zero-order chi connectivity index (χ0) is 17.5. The van der Waals surface area contributed by atoms with E-state index in [0.717, 1.165) is 35.2 Å². The van der Waals surface area contributed by atoms with Crippen LogP contribution in [0.15, 0.2) is 35.2 Å². The van der Waals surface area contributed by atoms with Crippen molar-refractivity contribution in [2.45, 2.75) is 38.1 Å². The summed E-state index contributed by atoms with van der Waals surface area (Å²) in [5.41, 5.74) is 3.25. The van der Waals surface area contributed by atoms with Crippen molar-refractivity contribution in [3.63, 3.8) is 0 Å². The second kappa shape index (κ2) is 6.26. The van der Waals surface area contributed by atoms with Crippen LogP contribution in [0.4, 0.5) is 8.78 Å². The molecule has 0 N–H and O–H groups in total. The van der Waals surface area contributed by atoms with E-state index < -0.39 is 26.6 Å². The van der Waals surface area contributed by atoms with E-state index in [1.165, 1.54) is 11.2 Å². The third-order valence-corrected chi connectivity index (χ3v) is 6.35. The minimum absolute atomic E-state index is 0.0861. The fourth-order valence-corrected chi connectivity index (χ4v) is 4.45. The Bertz CT molecular complexity index is 894. The van der Waals surface area contributed by atoms with Crippen LogP contribution in [0, 0.1) is 18.6 Å². The molecular weight excluding hydrogens is 332 g/mol. The monoisotopic (exact) mass is 351 g/mol. The maximum absolute atomic E-state index is 14.1. The second-order valence-corrected chi connectivity index (χ2v) is 7.98. The van der Waals surface area contributed by atoms with Gasteiger partial charge in [-0.15, -0.1) is 0 Å². The van der Waals surface area contributed by atoms with Crippen LogP contribution in [0.3, 0.4) is 0 Å². The van der Waals surface area contributed by atoms with Gasteiger partial charge in [0.15, 0.2) is 0 Å². The number of fused-ring (bicyclic) bond motifs is 1. The van der Waals surface area contributed by atoms with Gasteiger partial charge in [-0.1, -0.05) is 25.1 Å². The van der Waals surface area contributed by atoms with Gasteiger partial charge >= 0.3 is 0 Å². The van der Waals surface area contributed by atoms with Gasteiger partial charge in [0, 0.05) is 13.1 Å². The van der Waals surface area contributed by atoms with E-state index in [9.17, 15) is 17.2 Å². The average Bonchev–Trinajstić information content (AvgIpc) is 2.56. The molecule has 0 aliphatic carbocycles. The Morgan fingerprint density at radius 2 is 1.83 bits per heavy atom. The van der Waals surface area contributed by atoms with E-state index in [-0.39, 0.29) is 18.7 Å². The number of nitrogens with zero attached hydrogens (tertiary/aromatic N) is 1. The summed E-state index contributed by atoms with van der Waals surface area (Å²) >= 11 is 0. The molecule has 0 amide bonds. The molecule has 0 fully saturated rings. The van der Waals surface area contributed by atoms with Gasteiger partial charge in [0.1, 0.15) is 16.5 Å². The zero-order valence-electron chi connectivity index (χ0n) is 13.6. The lowest BCUT2D eigenvalue weighted by atomic mass is 9.98. The van der Waals surface area contributed by atoms with Crippen LogP contribution in [0.2, 0.25) is 0 Å². The van der Waals surface area contributed by atoms with Crippen molar-refractivity contribution in [3.8, 4) is 0 Å². The lowest BCUT2D eigenvalue weighted by Gasteiger charge is -2.28. The summed E-state index contributed by atoms with van der Waals surface area (Å²) < 4.78 is 54.6. The highest BCUT2D eigenvalue weighted by atomic mass is 32.2. The van der Waals surface area contributed by atoms with Crippen LogP contribution < -0.4 is 0 Å². The Kier molecular flexibility index (Phi) is 4.44. The molecule has 0 saturated carbocycles. The van der Waals surface area contributed by atoms with E-state index >= 15 is 0 Å². The predicted molar refractivity (Wildman–Crippen MR) is 88.2 cm³/mol. The van der Waals surface area contributed by atoms with Crippen LogP contribution >= 0.6 is 0 Å². The second-order valence-electron chi connectivity index (χ2n) is 6.08. The molecule has 2 aromatic rings. The summed E-state index contributed by atoms with van der Waals surface area (Å²) in [5.74, 6) is -1.64. The van der Waals surface area contributed by atoms with E-state index in [1.54, 1.807) is 0 Å². The van der Waals surface area contributed by atoms with Crippen molar-refractivity contribution in [2.24, 2.45) is 0 Å². The number of hydrogen-bond acceptors (Lipinski definition) is 2. The number of halogens is 2. The fraction of sp³-hybridized carbons (Fsp3) is 0.333. The molecule has 6 heteroatoms. The van der Waals surface area contributed by atoms with Gasteiger partial charge in [0.2, 0.25) is 10.0 Å². The van der Waals surface area contributed by atoms with Crippen molar-refractivity contribution in [3.05, 3.63) is 64.2 Å². The van der Waals surface area contributed by atoms with Gasteiger partial charge in [0.25, 0.3) is 0 Å². The standard InChI is InChI=1S/C18H19F2NO2S/c1-3-13-4-5-14-6-7-21(11-15(14)9-13)24(22,23)18-10-16(19)12(2)8-17(18)20/h4-5,8-10H,3,6-7,11H2,1-2H3. The van der Waals surface area contributed by atoms with Gasteiger partial charge in [-0.25, -0.2) is 17.2 Å². The molecule has 0 spiro atoms. The van der Waals surface area contributed by atoms with Crippen LogP contribution in [0.5, 0.6) is 0 Å². The van der Waals surface area contributed by atoms with Gasteiger partial charge in [-0.05, 0) is 54.2 Å². The quantitative estimate of drug-likeness (QED) is 0.848. The molecule has 0 saturated heterocycles. The van der Waals surface area contributed by atoms with Gasteiger partial charge in [0.05, 0.1) is 0 Å². The first-order chi connectivity index (χ1) is 11.3. The molecule has 24 heavy (non-hydrogen) atoms. The highest BCUT2D eigenvalue weighted by Gasteiger charge is 2.31. The molecule has 0 atom stereocenters. The molecule has 128 valence electrons. The minimum Gasteiger partial charge on any atom is -0.207 e. The number of hydrogen-bond donors (Lipinski definition) is 0. The van der Waals surface area contributed by atoms with Crippen molar-refractivity contribution in [2.75, 3.05) is 6.54 Å². The molecule has 2 aromatic carbocycles. The predicted octanol–water partition coefficient (Wildman–Crippen LogP) is 3.58. The first-order valence-electron chi connectivity index (χ1n) is 7.89. The van der Waals surface area contributed by atoms with Gasteiger partial charge in [-0.3, -0.25) is 0 Å². The maximum atomic E-state index is 14.1. The number of aryl methyl sites for hydroxylation is 2. The summed E-state index contributed by atoms with van der Waals surface area (Å²) in [6, 6.07) is 7.75. The highest BCUT2D eigenvalue weighted by Crippen LogP contribution is 2.28. The van der Waals surface area contributed by atoms with E-state index in [2.05, 4.69) is 0 Å². The lowest BCUT2D eigenvalue weighted by molar-refractivity contribution is 0.387. The number of benzene rings is 2. The maximum Gasteiger partial charge on any atom is 0.246 e. The molecule has 1 heterocycles.